The van der Waals surface area contributed by atoms with Gasteiger partial charge >= 0.3 is 37.9 Å². The van der Waals surface area contributed by atoms with Gasteiger partial charge in [-0.25, -0.2) is 4.39 Å². The van der Waals surface area contributed by atoms with Gasteiger partial charge in [-0.05, 0) is 41.0 Å². The molecule has 0 saturated carbocycles. The van der Waals surface area contributed by atoms with Crippen LogP contribution in [0.5, 0.6) is 5.75 Å². The molecule has 0 amide bonds. The van der Waals surface area contributed by atoms with Crippen LogP contribution in [0.2, 0.25) is 0 Å². The fourth-order valence-corrected chi connectivity index (χ4v) is 3.89. The van der Waals surface area contributed by atoms with Crippen LogP contribution in [-0.4, -0.2) is 5.11 Å². The molecule has 0 radical (unpaired) electrons. The van der Waals surface area contributed by atoms with Crippen molar-refractivity contribution in [1.82, 2.24) is 0 Å². The van der Waals surface area contributed by atoms with Crippen molar-refractivity contribution in [3.8, 4) is 5.75 Å². The average molecular weight is 509 g/mol. The summed E-state index contributed by atoms with van der Waals surface area (Å²) in [6, 6.07) is 9.27. The fourth-order valence-electron chi connectivity index (χ4n) is 2.66. The SMILES string of the molecule is Cc1cccc(F)c1Pc1cc(C(C)(C)C)cc(C(C)(C)C)c1O.[Cl][Zr][Cl]. The van der Waals surface area contributed by atoms with Gasteiger partial charge in [0.1, 0.15) is 11.6 Å². The molecule has 1 N–H and O–H groups in total. The first kappa shape index (κ1) is 25.1. The molecule has 2 aromatic carbocycles. The molecule has 0 spiro atoms. The van der Waals surface area contributed by atoms with Gasteiger partial charge in [-0.1, -0.05) is 68.3 Å². The minimum absolute atomic E-state index is 0.0305. The van der Waals surface area contributed by atoms with Crippen LogP contribution in [0.15, 0.2) is 30.3 Å². The number of phenols is 1. The minimum atomic E-state index is -0.826. The van der Waals surface area contributed by atoms with Gasteiger partial charge in [-0.2, -0.15) is 0 Å². The molecule has 0 aliphatic carbocycles. The Morgan fingerprint density at radius 2 is 1.56 bits per heavy atom. The van der Waals surface area contributed by atoms with E-state index in [9.17, 15) is 9.50 Å². The molecule has 0 fully saturated rings. The number of aromatic hydroxyl groups is 1. The van der Waals surface area contributed by atoms with Crippen LogP contribution in [-0.2, 0) is 31.7 Å². The third kappa shape index (κ3) is 7.11. The molecular weight excluding hydrogens is 480 g/mol. The van der Waals surface area contributed by atoms with E-state index in [0.29, 0.717) is 11.1 Å². The Balaban J connectivity index is 0.00000114. The Hall–Kier alpha value is 0.0631. The van der Waals surface area contributed by atoms with Crippen molar-refractivity contribution in [2.45, 2.75) is 59.3 Å². The van der Waals surface area contributed by atoms with Gasteiger partial charge in [-0.3, -0.25) is 0 Å². The van der Waals surface area contributed by atoms with Gasteiger partial charge in [-0.15, -0.1) is 0 Å². The van der Waals surface area contributed by atoms with Crippen LogP contribution >= 0.6 is 25.6 Å². The Kier molecular flexibility index (Phi) is 9.48. The van der Waals surface area contributed by atoms with Gasteiger partial charge in [0.25, 0.3) is 0 Å². The van der Waals surface area contributed by atoms with Gasteiger partial charge in [0.15, 0.2) is 0 Å². The maximum atomic E-state index is 14.3. The first-order valence-corrected chi connectivity index (χ1v) is 16.0. The van der Waals surface area contributed by atoms with Crippen molar-refractivity contribution in [2.75, 3.05) is 0 Å². The molecule has 0 aliphatic heterocycles. The molecule has 6 heteroatoms. The number of halogens is 3. The van der Waals surface area contributed by atoms with Crippen LogP contribution < -0.4 is 10.6 Å². The number of hydrogen-bond acceptors (Lipinski definition) is 1. The van der Waals surface area contributed by atoms with Crippen molar-refractivity contribution in [2.24, 2.45) is 0 Å². The Morgan fingerprint density at radius 3 is 2.00 bits per heavy atom. The first-order valence-electron chi connectivity index (χ1n) is 8.69. The zero-order chi connectivity index (χ0) is 21.0. The van der Waals surface area contributed by atoms with E-state index in [1.165, 1.54) is 11.6 Å². The van der Waals surface area contributed by atoms with Crippen molar-refractivity contribution < 1.29 is 30.3 Å². The summed E-state index contributed by atoms with van der Waals surface area (Å²) in [4.78, 5) is 0. The van der Waals surface area contributed by atoms with Gasteiger partial charge in [0, 0.05) is 16.2 Å². The topological polar surface area (TPSA) is 20.2 Å². The summed E-state index contributed by atoms with van der Waals surface area (Å²) in [5, 5.41) is 12.3. The van der Waals surface area contributed by atoms with Gasteiger partial charge in [0.2, 0.25) is 0 Å². The average Bonchev–Trinajstić information content (AvgIpc) is 2.51. The van der Waals surface area contributed by atoms with Crippen molar-refractivity contribution >= 4 is 36.2 Å². The molecule has 0 aliphatic rings. The van der Waals surface area contributed by atoms with E-state index in [4.69, 9.17) is 17.0 Å². The van der Waals surface area contributed by atoms with Crippen molar-refractivity contribution in [3.63, 3.8) is 0 Å². The van der Waals surface area contributed by atoms with E-state index in [1.54, 1.807) is 6.07 Å². The number of hydrogen-bond donors (Lipinski definition) is 1. The van der Waals surface area contributed by atoms with Crippen LogP contribution in [0.25, 0.3) is 0 Å². The molecule has 1 unspecified atom stereocenters. The first-order chi connectivity index (χ1) is 12.3. The zero-order valence-corrected chi connectivity index (χ0v) is 21.9. The number of aryl methyl sites for hydroxylation is 1. The van der Waals surface area contributed by atoms with E-state index < -0.39 is 20.8 Å². The molecule has 0 heterocycles. The van der Waals surface area contributed by atoms with E-state index in [1.807, 2.05) is 19.1 Å². The zero-order valence-electron chi connectivity index (χ0n) is 17.0. The molecule has 0 saturated heterocycles. The maximum absolute atomic E-state index is 14.3. The summed E-state index contributed by atoms with van der Waals surface area (Å²) >= 11 is -0.826. The molecule has 1 atom stereocenters. The summed E-state index contributed by atoms with van der Waals surface area (Å²) in [5.41, 5.74) is 2.81. The fraction of sp³-hybridized carbons (Fsp3) is 0.429. The quantitative estimate of drug-likeness (QED) is 0.463. The summed E-state index contributed by atoms with van der Waals surface area (Å²) in [5.74, 6) is 0.0997. The second-order valence-corrected chi connectivity index (χ2v) is 13.6. The Labute approximate surface area is 183 Å². The normalized spacial score (nSPS) is 12.1. The molecular formula is C21H28Cl2FOPZr. The summed E-state index contributed by atoms with van der Waals surface area (Å²) in [7, 11) is 9.97. The van der Waals surface area contributed by atoms with Gasteiger partial charge in [0.05, 0.1) is 0 Å². The number of phenolic OH excluding ortho intramolecular Hbond substituents is 1. The molecule has 1 nitrogen and oxygen atoms in total. The standard InChI is InChI=1S/C21H28FOP.2ClH.Zr/c1-13-9-8-10-16(22)19(13)24-17-12-14(20(2,3)4)11-15(18(17)23)21(5,6)7;;;/h8-12,23-24H,1-7H3;2*1H;/q;;;+2/p-2. The van der Waals surface area contributed by atoms with E-state index in [2.05, 4.69) is 47.6 Å². The molecule has 148 valence electrons. The van der Waals surface area contributed by atoms with Crippen LogP contribution in [0.3, 0.4) is 0 Å². The Morgan fingerprint density at radius 1 is 1.00 bits per heavy atom. The van der Waals surface area contributed by atoms with Crippen LogP contribution in [0.1, 0.15) is 58.2 Å². The van der Waals surface area contributed by atoms with Crippen molar-refractivity contribution in [3.05, 3.63) is 52.8 Å². The third-order valence-electron chi connectivity index (χ3n) is 4.27. The summed E-state index contributed by atoms with van der Waals surface area (Å²) in [6.45, 7) is 14.7. The predicted molar refractivity (Wildman–Crippen MR) is 116 cm³/mol. The van der Waals surface area contributed by atoms with Crippen LogP contribution in [0.4, 0.5) is 4.39 Å². The van der Waals surface area contributed by atoms with E-state index in [-0.39, 0.29) is 25.2 Å². The third-order valence-corrected chi connectivity index (χ3v) is 5.80. The van der Waals surface area contributed by atoms with Crippen LogP contribution in [0, 0.1) is 12.7 Å². The number of rotatable bonds is 2. The summed E-state index contributed by atoms with van der Waals surface area (Å²) in [6.07, 6.45) is 0. The monoisotopic (exact) mass is 506 g/mol. The Bertz CT molecular complexity index is 763. The molecule has 0 aromatic heterocycles. The molecule has 2 rings (SSSR count). The van der Waals surface area contributed by atoms with E-state index in [0.717, 1.165) is 16.4 Å². The predicted octanol–water partition coefficient (Wildman–Crippen LogP) is 6.44. The number of benzene rings is 2. The summed E-state index contributed by atoms with van der Waals surface area (Å²) < 4.78 is 14.3. The van der Waals surface area contributed by atoms with E-state index >= 15 is 0 Å². The molecule has 2 aromatic rings. The second-order valence-electron chi connectivity index (χ2n) is 8.55. The van der Waals surface area contributed by atoms with Crippen molar-refractivity contribution in [1.29, 1.82) is 0 Å². The van der Waals surface area contributed by atoms with Gasteiger partial charge < -0.3 is 5.11 Å². The molecule has 0 bridgehead atoms. The second kappa shape index (κ2) is 10.2. The molecule has 27 heavy (non-hydrogen) atoms.